The first-order chi connectivity index (χ1) is 13.8. The first-order valence-electron chi connectivity index (χ1n) is 8.81. The van der Waals surface area contributed by atoms with Crippen molar-refractivity contribution in [1.82, 2.24) is 14.8 Å². The summed E-state index contributed by atoms with van der Waals surface area (Å²) in [6.45, 7) is 5.41. The van der Waals surface area contributed by atoms with Gasteiger partial charge in [-0.2, -0.15) is 0 Å². The summed E-state index contributed by atoms with van der Waals surface area (Å²) in [6.07, 6.45) is 1.58. The lowest BCUT2D eigenvalue weighted by Crippen LogP contribution is -2.16. The van der Waals surface area contributed by atoms with Gasteiger partial charge in [-0.3, -0.25) is 14.2 Å². The van der Waals surface area contributed by atoms with Crippen LogP contribution in [0.5, 0.6) is 0 Å². The van der Waals surface area contributed by atoms with E-state index in [9.17, 15) is 14.0 Å². The third kappa shape index (κ3) is 5.20. The normalized spacial score (nSPS) is 10.6. The average molecular weight is 413 g/mol. The van der Waals surface area contributed by atoms with Crippen molar-refractivity contribution in [3.8, 4) is 5.69 Å². The third-order valence-electron chi connectivity index (χ3n) is 4.18. The summed E-state index contributed by atoms with van der Waals surface area (Å²) in [6, 6.07) is 9.97. The molecule has 0 fully saturated rings. The number of halogens is 1. The van der Waals surface area contributed by atoms with E-state index in [0.29, 0.717) is 10.8 Å². The van der Waals surface area contributed by atoms with E-state index < -0.39 is 11.7 Å². The molecule has 0 aliphatic carbocycles. The van der Waals surface area contributed by atoms with Gasteiger partial charge in [-0.15, -0.1) is 10.2 Å². The Labute approximate surface area is 171 Å². The van der Waals surface area contributed by atoms with Gasteiger partial charge in [0.15, 0.2) is 5.16 Å². The summed E-state index contributed by atoms with van der Waals surface area (Å²) >= 11 is 1.19. The molecule has 1 aromatic heterocycles. The number of aromatic nitrogens is 3. The van der Waals surface area contributed by atoms with Crippen LogP contribution in [0.25, 0.3) is 5.69 Å². The second-order valence-electron chi connectivity index (χ2n) is 6.46. The van der Waals surface area contributed by atoms with Crippen LogP contribution in [-0.4, -0.2) is 32.3 Å². The van der Waals surface area contributed by atoms with E-state index in [1.807, 2.05) is 32.0 Å². The lowest BCUT2D eigenvalue weighted by atomic mass is 10.1. The van der Waals surface area contributed by atoms with Crippen molar-refractivity contribution in [1.29, 1.82) is 0 Å². The fraction of sp³-hybridized carbons (Fsp3) is 0.200. The fourth-order valence-electron chi connectivity index (χ4n) is 2.59. The molecule has 0 aliphatic rings. The summed E-state index contributed by atoms with van der Waals surface area (Å²) in [5.41, 5.74) is 3.61. The van der Waals surface area contributed by atoms with Crippen molar-refractivity contribution < 1.29 is 14.0 Å². The van der Waals surface area contributed by atoms with Crippen LogP contribution in [0.3, 0.4) is 0 Å². The SMILES string of the molecule is CC(=O)Nc1ccc(F)c(NC(=O)CSc2nncn2-c2ccc(C)c(C)c2)c1. The molecule has 9 heteroatoms. The van der Waals surface area contributed by atoms with E-state index in [-0.39, 0.29) is 17.3 Å². The van der Waals surface area contributed by atoms with Crippen LogP contribution in [0.4, 0.5) is 15.8 Å². The zero-order chi connectivity index (χ0) is 21.0. The van der Waals surface area contributed by atoms with Gasteiger partial charge in [-0.25, -0.2) is 4.39 Å². The molecule has 0 radical (unpaired) electrons. The maximum atomic E-state index is 14.0. The monoisotopic (exact) mass is 413 g/mol. The summed E-state index contributed by atoms with van der Waals surface area (Å²) in [5, 5.41) is 13.6. The van der Waals surface area contributed by atoms with Crippen molar-refractivity contribution >= 4 is 35.0 Å². The second-order valence-corrected chi connectivity index (χ2v) is 7.41. The van der Waals surface area contributed by atoms with Gasteiger partial charge in [0.1, 0.15) is 12.1 Å². The number of carbonyl (C=O) groups excluding carboxylic acids is 2. The van der Waals surface area contributed by atoms with Crippen molar-refractivity contribution in [2.45, 2.75) is 25.9 Å². The number of nitrogens with zero attached hydrogens (tertiary/aromatic N) is 3. The highest BCUT2D eigenvalue weighted by atomic mass is 32.2. The first-order valence-corrected chi connectivity index (χ1v) is 9.79. The Morgan fingerprint density at radius 3 is 2.62 bits per heavy atom. The lowest BCUT2D eigenvalue weighted by molar-refractivity contribution is -0.114. The Kier molecular flexibility index (Phi) is 6.28. The van der Waals surface area contributed by atoms with Crippen LogP contribution < -0.4 is 10.6 Å². The van der Waals surface area contributed by atoms with Gasteiger partial charge < -0.3 is 10.6 Å². The van der Waals surface area contributed by atoms with E-state index in [1.165, 1.54) is 42.4 Å². The maximum absolute atomic E-state index is 14.0. The zero-order valence-corrected chi connectivity index (χ0v) is 17.0. The van der Waals surface area contributed by atoms with Crippen molar-refractivity contribution in [2.24, 2.45) is 0 Å². The number of rotatable bonds is 6. The predicted octanol–water partition coefficient (Wildman–Crippen LogP) is 3.71. The zero-order valence-electron chi connectivity index (χ0n) is 16.2. The molecule has 2 N–H and O–H groups in total. The molecule has 0 spiro atoms. The first kappa shape index (κ1) is 20.5. The van der Waals surface area contributed by atoms with Gasteiger partial charge in [-0.1, -0.05) is 17.8 Å². The molecule has 3 rings (SSSR count). The molecule has 0 aliphatic heterocycles. The highest BCUT2D eigenvalue weighted by Gasteiger charge is 2.13. The highest BCUT2D eigenvalue weighted by molar-refractivity contribution is 7.99. The highest BCUT2D eigenvalue weighted by Crippen LogP contribution is 2.23. The standard InChI is InChI=1S/C20H20FN5O2S/c1-12-4-6-16(8-13(12)2)26-11-22-25-20(26)29-10-19(28)24-18-9-15(23-14(3)27)5-7-17(18)21/h4-9,11H,10H2,1-3H3,(H,23,27)(H,24,28). The molecular formula is C20H20FN5O2S. The number of hydrogen-bond donors (Lipinski definition) is 2. The van der Waals surface area contributed by atoms with Crippen molar-refractivity contribution in [3.63, 3.8) is 0 Å². The van der Waals surface area contributed by atoms with Crippen LogP contribution in [0.15, 0.2) is 47.9 Å². The van der Waals surface area contributed by atoms with Gasteiger partial charge >= 0.3 is 0 Å². The number of nitrogens with one attached hydrogen (secondary N) is 2. The quantitative estimate of drug-likeness (QED) is 0.602. The topological polar surface area (TPSA) is 88.9 Å². The fourth-order valence-corrected chi connectivity index (χ4v) is 3.32. The van der Waals surface area contributed by atoms with E-state index in [0.717, 1.165) is 11.3 Å². The van der Waals surface area contributed by atoms with Gasteiger partial charge in [0.2, 0.25) is 11.8 Å². The molecule has 29 heavy (non-hydrogen) atoms. The predicted molar refractivity (Wildman–Crippen MR) is 111 cm³/mol. The van der Waals surface area contributed by atoms with E-state index in [4.69, 9.17) is 0 Å². The molecule has 2 aromatic carbocycles. The molecule has 0 saturated carbocycles. The molecule has 150 valence electrons. The van der Waals surface area contributed by atoms with Gasteiger partial charge in [0.25, 0.3) is 0 Å². The van der Waals surface area contributed by atoms with Crippen LogP contribution in [0, 0.1) is 19.7 Å². The summed E-state index contributed by atoms with van der Waals surface area (Å²) in [5.74, 6) is -1.25. The molecule has 0 bridgehead atoms. The Bertz CT molecular complexity index is 1070. The van der Waals surface area contributed by atoms with Crippen LogP contribution in [0.2, 0.25) is 0 Å². The van der Waals surface area contributed by atoms with Gasteiger partial charge in [0.05, 0.1) is 11.4 Å². The largest absolute Gasteiger partial charge is 0.326 e. The van der Waals surface area contributed by atoms with Crippen LogP contribution in [0.1, 0.15) is 18.1 Å². The van der Waals surface area contributed by atoms with E-state index in [2.05, 4.69) is 20.8 Å². The number of anilines is 2. The minimum absolute atomic E-state index is 0.00234. The van der Waals surface area contributed by atoms with E-state index >= 15 is 0 Å². The Balaban J connectivity index is 1.67. The number of carbonyl (C=O) groups is 2. The molecule has 7 nitrogen and oxygen atoms in total. The molecular weight excluding hydrogens is 393 g/mol. The number of thioether (sulfide) groups is 1. The Morgan fingerprint density at radius 2 is 1.90 bits per heavy atom. The molecule has 0 atom stereocenters. The van der Waals surface area contributed by atoms with Crippen LogP contribution >= 0.6 is 11.8 Å². The van der Waals surface area contributed by atoms with Crippen LogP contribution in [-0.2, 0) is 9.59 Å². The smallest absolute Gasteiger partial charge is 0.234 e. The minimum atomic E-state index is -0.587. The molecule has 2 amide bonds. The molecule has 0 saturated heterocycles. The summed E-state index contributed by atoms with van der Waals surface area (Å²) < 4.78 is 15.8. The number of hydrogen-bond acceptors (Lipinski definition) is 5. The minimum Gasteiger partial charge on any atom is -0.326 e. The summed E-state index contributed by atoms with van der Waals surface area (Å²) in [4.78, 5) is 23.4. The van der Waals surface area contributed by atoms with Crippen molar-refractivity contribution in [3.05, 3.63) is 59.7 Å². The number of aryl methyl sites for hydroxylation is 2. The van der Waals surface area contributed by atoms with Gasteiger partial charge in [0, 0.05) is 18.3 Å². The van der Waals surface area contributed by atoms with Gasteiger partial charge in [-0.05, 0) is 55.3 Å². The molecule has 3 aromatic rings. The second kappa shape index (κ2) is 8.87. The van der Waals surface area contributed by atoms with E-state index in [1.54, 1.807) is 10.9 Å². The lowest BCUT2D eigenvalue weighted by Gasteiger charge is -2.10. The Hall–Kier alpha value is -3.20. The molecule has 0 unspecified atom stereocenters. The number of amides is 2. The molecule has 1 heterocycles. The Morgan fingerprint density at radius 1 is 1.10 bits per heavy atom. The maximum Gasteiger partial charge on any atom is 0.234 e. The average Bonchev–Trinajstić information content (AvgIpc) is 3.13. The summed E-state index contributed by atoms with van der Waals surface area (Å²) in [7, 11) is 0. The number of benzene rings is 2. The van der Waals surface area contributed by atoms with Crippen molar-refractivity contribution in [2.75, 3.05) is 16.4 Å². The third-order valence-corrected chi connectivity index (χ3v) is 5.12.